The highest BCUT2D eigenvalue weighted by Crippen LogP contribution is 1.75. The first-order valence-electron chi connectivity index (χ1n) is 1.45. The van der Waals surface area contributed by atoms with Gasteiger partial charge in [0.25, 0.3) is 6.29 Å². The van der Waals surface area contributed by atoms with Crippen LogP contribution in [-0.4, -0.2) is 10.2 Å². The van der Waals surface area contributed by atoms with Crippen molar-refractivity contribution < 1.29 is 10.2 Å². The Labute approximate surface area is 36.4 Å². The van der Waals surface area contributed by atoms with Crippen LogP contribution < -0.4 is 0 Å². The molecule has 2 nitrogen and oxygen atoms in total. The van der Waals surface area contributed by atoms with Gasteiger partial charge in [-0.3, -0.25) is 0 Å². The monoisotopic (exact) mass is 85.0 g/mol. The highest BCUT2D eigenvalue weighted by atomic mass is 16.5. The van der Waals surface area contributed by atoms with Gasteiger partial charge < -0.3 is 10.2 Å². The van der Waals surface area contributed by atoms with Crippen molar-refractivity contribution in [3.8, 4) is 11.8 Å². The van der Waals surface area contributed by atoms with E-state index in [1.807, 2.05) is 5.92 Å². The molecule has 0 fully saturated rings. The van der Waals surface area contributed by atoms with Gasteiger partial charge >= 0.3 is 0 Å². The maximum Gasteiger partial charge on any atom is 0.297 e. The van der Waals surface area contributed by atoms with E-state index in [-0.39, 0.29) is 0 Å². The zero-order valence-electron chi connectivity index (χ0n) is 3.39. The molecule has 0 atom stereocenters. The predicted octanol–water partition coefficient (Wildman–Crippen LogP) is 0.244. The van der Waals surface area contributed by atoms with E-state index in [1.165, 1.54) is 6.92 Å². The van der Waals surface area contributed by atoms with Gasteiger partial charge in [0, 0.05) is 0 Å². The topological polar surface area (TPSA) is 40.5 Å². The number of aliphatic hydroxyl groups is 2. The first kappa shape index (κ1) is 5.48. The Hall–Kier alpha value is -0.520. The number of aliphatic hydroxyl groups excluding tert-OH is 1. The molecule has 0 aromatic rings. The molecule has 0 heterocycles. The Bertz CT molecular complexity index is 75.3. The second-order valence-electron chi connectivity index (χ2n) is 0.699. The van der Waals surface area contributed by atoms with Crippen LogP contribution in [0.1, 0.15) is 6.92 Å². The normalized spacial score (nSPS) is 7.33. The second-order valence-corrected chi connectivity index (χ2v) is 0.699. The third kappa shape index (κ3) is 3.48. The Morgan fingerprint density at radius 1 is 1.50 bits per heavy atom. The zero-order chi connectivity index (χ0) is 4.99. The van der Waals surface area contributed by atoms with Gasteiger partial charge in [0.15, 0.2) is 0 Å². The SMILES string of the molecule is CC#C[C](O)O. The predicted molar refractivity (Wildman–Crippen MR) is 20.6 cm³/mol. The second kappa shape index (κ2) is 2.70. The summed E-state index contributed by atoms with van der Waals surface area (Å²) in [4.78, 5) is 0. The third-order valence-corrected chi connectivity index (χ3v) is 0.237. The summed E-state index contributed by atoms with van der Waals surface area (Å²) in [5.41, 5.74) is 0. The molecule has 0 spiro atoms. The smallest absolute Gasteiger partial charge is 0.297 e. The van der Waals surface area contributed by atoms with Crippen LogP contribution in [0.15, 0.2) is 0 Å². The lowest BCUT2D eigenvalue weighted by Gasteiger charge is -1.78. The summed E-state index contributed by atoms with van der Waals surface area (Å²) in [6, 6.07) is 0. The molecular formula is C4H5O2. The van der Waals surface area contributed by atoms with Crippen molar-refractivity contribution in [2.75, 3.05) is 0 Å². The van der Waals surface area contributed by atoms with E-state index in [1.54, 1.807) is 0 Å². The highest BCUT2D eigenvalue weighted by molar-refractivity contribution is 5.06. The van der Waals surface area contributed by atoms with Crippen LogP contribution >= 0.6 is 0 Å². The van der Waals surface area contributed by atoms with Crippen LogP contribution in [0.2, 0.25) is 0 Å². The molecule has 0 bridgehead atoms. The van der Waals surface area contributed by atoms with Gasteiger partial charge in [0.1, 0.15) is 0 Å². The summed E-state index contributed by atoms with van der Waals surface area (Å²) in [7, 11) is 0. The molecule has 0 amide bonds. The highest BCUT2D eigenvalue weighted by Gasteiger charge is 1.83. The largest absolute Gasteiger partial charge is 0.351 e. The van der Waals surface area contributed by atoms with E-state index < -0.39 is 6.29 Å². The summed E-state index contributed by atoms with van der Waals surface area (Å²) < 4.78 is 0. The van der Waals surface area contributed by atoms with E-state index in [9.17, 15) is 0 Å². The van der Waals surface area contributed by atoms with Crippen molar-refractivity contribution in [1.29, 1.82) is 0 Å². The van der Waals surface area contributed by atoms with Gasteiger partial charge in [-0.25, -0.2) is 0 Å². The molecule has 0 aromatic carbocycles. The lowest BCUT2D eigenvalue weighted by Crippen LogP contribution is -1.84. The van der Waals surface area contributed by atoms with E-state index >= 15 is 0 Å². The molecule has 33 valence electrons. The standard InChI is InChI=1S/C4H5O2/c1-2-3-4(5)6/h5-6H,1H3. The van der Waals surface area contributed by atoms with Crippen molar-refractivity contribution in [2.24, 2.45) is 0 Å². The van der Waals surface area contributed by atoms with Gasteiger partial charge in [-0.1, -0.05) is 0 Å². The maximum absolute atomic E-state index is 7.85. The summed E-state index contributed by atoms with van der Waals surface area (Å²) in [5, 5.41) is 15.7. The first-order valence-corrected chi connectivity index (χ1v) is 1.45. The van der Waals surface area contributed by atoms with Crippen LogP contribution in [0.4, 0.5) is 0 Å². The molecule has 1 radical (unpaired) electrons. The Balaban J connectivity index is 3.20. The molecule has 2 heteroatoms. The fourth-order valence-corrected chi connectivity index (χ4v) is 0.112. The van der Waals surface area contributed by atoms with E-state index in [0.717, 1.165) is 0 Å². The molecule has 0 unspecified atom stereocenters. The first-order chi connectivity index (χ1) is 2.77. The van der Waals surface area contributed by atoms with Crippen molar-refractivity contribution in [2.45, 2.75) is 6.92 Å². The third-order valence-electron chi connectivity index (χ3n) is 0.237. The molecule has 0 aromatic heterocycles. The Morgan fingerprint density at radius 3 is 2.00 bits per heavy atom. The molecule has 0 aliphatic rings. The number of hydrogen-bond donors (Lipinski definition) is 2. The van der Waals surface area contributed by atoms with Gasteiger partial charge in [0.2, 0.25) is 0 Å². The Kier molecular flexibility index (Phi) is 2.47. The fourth-order valence-electron chi connectivity index (χ4n) is 0.112. The fraction of sp³-hybridized carbons (Fsp3) is 0.250. The van der Waals surface area contributed by atoms with Crippen LogP contribution in [0.25, 0.3) is 0 Å². The minimum atomic E-state index is -0.822. The van der Waals surface area contributed by atoms with Crippen molar-refractivity contribution in [3.05, 3.63) is 6.29 Å². The maximum atomic E-state index is 7.85. The number of hydrogen-bond acceptors (Lipinski definition) is 2. The molecule has 0 aliphatic heterocycles. The average molecular weight is 85.1 g/mol. The molecule has 0 rings (SSSR count). The molecule has 0 saturated heterocycles. The van der Waals surface area contributed by atoms with E-state index in [0.29, 0.717) is 0 Å². The van der Waals surface area contributed by atoms with Crippen molar-refractivity contribution in [3.63, 3.8) is 0 Å². The summed E-state index contributed by atoms with van der Waals surface area (Å²) in [6.45, 7) is 1.52. The summed E-state index contributed by atoms with van der Waals surface area (Å²) >= 11 is 0. The molecule has 6 heavy (non-hydrogen) atoms. The van der Waals surface area contributed by atoms with E-state index in [4.69, 9.17) is 10.2 Å². The summed E-state index contributed by atoms with van der Waals surface area (Å²) in [5.74, 6) is 4.27. The van der Waals surface area contributed by atoms with Crippen LogP contribution in [0.3, 0.4) is 0 Å². The molecule has 0 aliphatic carbocycles. The molecule has 0 saturated carbocycles. The van der Waals surface area contributed by atoms with Crippen LogP contribution in [0, 0.1) is 18.1 Å². The molecule has 2 N–H and O–H groups in total. The van der Waals surface area contributed by atoms with Crippen LogP contribution in [0.5, 0.6) is 0 Å². The zero-order valence-corrected chi connectivity index (χ0v) is 3.39. The number of rotatable bonds is 0. The van der Waals surface area contributed by atoms with Crippen LogP contribution in [-0.2, 0) is 0 Å². The van der Waals surface area contributed by atoms with Gasteiger partial charge in [-0.15, -0.1) is 5.92 Å². The van der Waals surface area contributed by atoms with Gasteiger partial charge in [-0.2, -0.15) is 0 Å². The van der Waals surface area contributed by atoms with Crippen molar-refractivity contribution in [1.82, 2.24) is 0 Å². The lowest BCUT2D eigenvalue weighted by molar-refractivity contribution is 0.123. The minimum Gasteiger partial charge on any atom is -0.351 e. The lowest BCUT2D eigenvalue weighted by atomic mass is 10.6. The summed E-state index contributed by atoms with van der Waals surface area (Å²) in [6.07, 6.45) is -0.822. The average Bonchev–Trinajstić information content (AvgIpc) is 1.35. The minimum absolute atomic E-state index is 0.822. The van der Waals surface area contributed by atoms with Crippen molar-refractivity contribution >= 4 is 0 Å². The van der Waals surface area contributed by atoms with E-state index in [2.05, 4.69) is 5.92 Å². The molecular weight excluding hydrogens is 80.0 g/mol. The van der Waals surface area contributed by atoms with Gasteiger partial charge in [0.05, 0.1) is 0 Å². The van der Waals surface area contributed by atoms with Gasteiger partial charge in [-0.05, 0) is 12.8 Å². The quantitative estimate of drug-likeness (QED) is 0.414. The Morgan fingerprint density at radius 2 is 2.00 bits per heavy atom.